The standard InChI is InChI=1S/C116H210O18/c1-7-13-19-64-82-108(132-115(123)93-76-58-46-34-29-40-52-70-88-110(84-66-21-15-9-3)133-114(122)92-74-56-44-31-26-36-48-63-80-106(118)78-60-17-11-5)86-68-49-37-23-22-24-41-53-71-89-111(119)129-103-101-127-99-97-125-95-96-126-98-100-128-102-104-130-112(120)90-72-54-42-32-27-38-51-69-87-109(83-65-20-14-8-2)134-116(124)94-75-57-45-33-28-39-50-67-85-107(81-61-18-12-6)131-113(121)91-73-55-43-30-25-35-47-62-79-105(117)77-59-16-10-4/h37,40,47-52,62-63,67,69,105-110,117-118H,7-36,38-39,41-46,53-61,64-66,68,70-104H2,1-6H3/b49-37-,52-40-,62-47-,63-48-,67-50-,69-51-. The molecule has 18 nitrogen and oxygen atoms in total. The van der Waals surface area contributed by atoms with Gasteiger partial charge in [0.05, 0.1) is 65.1 Å². The van der Waals surface area contributed by atoms with Crippen molar-refractivity contribution in [2.24, 2.45) is 0 Å². The zero-order valence-corrected chi connectivity index (χ0v) is 87.6. The van der Waals surface area contributed by atoms with Gasteiger partial charge in [0.25, 0.3) is 0 Å². The van der Waals surface area contributed by atoms with E-state index in [-0.39, 0.29) is 85.7 Å². The highest BCUT2D eigenvalue weighted by Gasteiger charge is 2.19. The molecule has 0 saturated heterocycles. The quantitative estimate of drug-likeness (QED) is 0.0249. The lowest BCUT2D eigenvalue weighted by molar-refractivity contribution is -0.150. The van der Waals surface area contributed by atoms with Crippen molar-refractivity contribution in [3.63, 3.8) is 0 Å². The maximum absolute atomic E-state index is 13.0. The van der Waals surface area contributed by atoms with Gasteiger partial charge in [-0.3, -0.25) is 28.8 Å². The fourth-order valence-electron chi connectivity index (χ4n) is 16.5. The molecule has 2 N–H and O–H groups in total. The van der Waals surface area contributed by atoms with Crippen LogP contribution >= 0.6 is 0 Å². The largest absolute Gasteiger partial charge is 0.463 e. The Morgan fingerprint density at radius 3 is 0.664 bits per heavy atom. The Hall–Kier alpha value is -4.98. The number of aliphatic hydroxyl groups excluding tert-OH is 2. The molecule has 0 aliphatic rings. The van der Waals surface area contributed by atoms with Gasteiger partial charge in [-0.15, -0.1) is 0 Å². The summed E-state index contributed by atoms with van der Waals surface area (Å²) < 4.78 is 57.2. The van der Waals surface area contributed by atoms with Crippen LogP contribution in [-0.4, -0.2) is 149 Å². The molecular formula is C116H210O18. The fraction of sp³-hybridized carbons (Fsp3) is 0.845. The number of rotatable bonds is 107. The third-order valence-corrected chi connectivity index (χ3v) is 25.0. The maximum Gasteiger partial charge on any atom is 0.306 e. The normalized spacial score (nSPS) is 13.3. The SMILES string of the molecule is CCCCCCC(C/C=C\CCCCCCCC(=O)OCCOCCOCCOCCOCCOC(=O)CCCCCCC/C=C\CCC(CCCCCC)OC(=O)CCCCCC/C=C\CCC(CCCCCC)OC(=O)CCCCCCC/C=C\CC(O)CCCCC)OC(=O)CCCCCCC/C=C\CC(CCCCC)OC(=O)CCCCCCC/C=C\CC(O)CCCCC. The van der Waals surface area contributed by atoms with E-state index < -0.39 is 0 Å². The second-order valence-electron chi connectivity index (χ2n) is 38.1. The first-order chi connectivity index (χ1) is 65.8. The summed E-state index contributed by atoms with van der Waals surface area (Å²) in [5.74, 6) is -0.597. The van der Waals surface area contributed by atoms with Crippen LogP contribution in [0.3, 0.4) is 0 Å². The minimum atomic E-state index is -0.205. The molecule has 134 heavy (non-hydrogen) atoms. The van der Waals surface area contributed by atoms with E-state index in [2.05, 4.69) is 114 Å². The van der Waals surface area contributed by atoms with Crippen molar-refractivity contribution in [3.05, 3.63) is 72.9 Å². The molecular weight excluding hydrogens is 1680 g/mol. The Morgan fingerprint density at radius 1 is 0.187 bits per heavy atom. The third kappa shape index (κ3) is 100. The summed E-state index contributed by atoms with van der Waals surface area (Å²) in [6.45, 7) is 16.8. The van der Waals surface area contributed by atoms with E-state index in [1.54, 1.807) is 0 Å². The monoisotopic (exact) mass is 1890 g/mol. The highest BCUT2D eigenvalue weighted by Crippen LogP contribution is 2.24. The van der Waals surface area contributed by atoms with Crippen LogP contribution in [0.4, 0.5) is 0 Å². The molecule has 0 aliphatic heterocycles. The molecule has 0 fully saturated rings. The summed E-state index contributed by atoms with van der Waals surface area (Å²) in [6.07, 6.45) is 102. The predicted octanol–water partition coefficient (Wildman–Crippen LogP) is 31.6. The second kappa shape index (κ2) is 107. The van der Waals surface area contributed by atoms with Crippen LogP contribution in [0, 0.1) is 0 Å². The van der Waals surface area contributed by atoms with E-state index in [1.165, 1.54) is 96.3 Å². The topological polar surface area (TPSA) is 235 Å². The van der Waals surface area contributed by atoms with Gasteiger partial charge in [-0.25, -0.2) is 0 Å². The predicted molar refractivity (Wildman–Crippen MR) is 557 cm³/mol. The van der Waals surface area contributed by atoms with Crippen LogP contribution in [0.2, 0.25) is 0 Å². The van der Waals surface area contributed by atoms with Crippen molar-refractivity contribution in [1.82, 2.24) is 0 Å². The number of esters is 6. The lowest BCUT2D eigenvalue weighted by atomic mass is 10.0. The number of aliphatic hydroxyl groups is 2. The molecule has 0 heterocycles. The first-order valence-electron chi connectivity index (χ1n) is 56.5. The highest BCUT2D eigenvalue weighted by atomic mass is 16.6. The summed E-state index contributed by atoms with van der Waals surface area (Å²) in [4.78, 5) is 76.2. The Kier molecular flexibility index (Phi) is 103. The van der Waals surface area contributed by atoms with Gasteiger partial charge in [0.1, 0.15) is 37.6 Å². The molecule has 0 amide bonds. The van der Waals surface area contributed by atoms with Crippen molar-refractivity contribution >= 4 is 35.8 Å². The van der Waals surface area contributed by atoms with Gasteiger partial charge in [-0.05, 0) is 218 Å². The van der Waals surface area contributed by atoms with Gasteiger partial charge < -0.3 is 57.6 Å². The molecule has 0 aromatic heterocycles. The van der Waals surface area contributed by atoms with E-state index >= 15 is 0 Å². The van der Waals surface area contributed by atoms with Crippen LogP contribution in [0.15, 0.2) is 72.9 Å². The molecule has 0 bridgehead atoms. The average Bonchev–Trinajstić information content (AvgIpc) is 0.973. The smallest absolute Gasteiger partial charge is 0.306 e. The van der Waals surface area contributed by atoms with Crippen molar-refractivity contribution < 1.29 is 86.3 Å². The summed E-state index contributed by atoms with van der Waals surface area (Å²) in [6, 6.07) is 0. The van der Waals surface area contributed by atoms with Crippen molar-refractivity contribution in [2.45, 2.75) is 566 Å². The molecule has 6 unspecified atom stereocenters. The second-order valence-corrected chi connectivity index (χ2v) is 38.1. The maximum atomic E-state index is 13.0. The summed E-state index contributed by atoms with van der Waals surface area (Å²) in [7, 11) is 0. The number of ether oxygens (including phenoxy) is 10. The van der Waals surface area contributed by atoms with E-state index in [1.807, 2.05) is 0 Å². The van der Waals surface area contributed by atoms with Gasteiger partial charge in [-0.1, -0.05) is 333 Å². The van der Waals surface area contributed by atoms with Gasteiger partial charge >= 0.3 is 35.8 Å². The lowest BCUT2D eigenvalue weighted by Gasteiger charge is -2.17. The number of carbonyl (C=O) groups is 6. The first-order valence-corrected chi connectivity index (χ1v) is 56.5. The Balaban J connectivity index is 4.04. The zero-order chi connectivity index (χ0) is 97.3. The van der Waals surface area contributed by atoms with E-state index in [0.29, 0.717) is 91.4 Å². The molecule has 18 heteroatoms. The van der Waals surface area contributed by atoms with Gasteiger partial charge in [0.2, 0.25) is 0 Å². The Morgan fingerprint density at radius 2 is 0.381 bits per heavy atom. The van der Waals surface area contributed by atoms with Gasteiger partial charge in [-0.2, -0.15) is 0 Å². The number of unbranched alkanes of at least 4 members (excludes halogenated alkanes) is 44. The van der Waals surface area contributed by atoms with Crippen LogP contribution in [0.25, 0.3) is 0 Å². The number of allylic oxidation sites excluding steroid dienone is 8. The van der Waals surface area contributed by atoms with Crippen LogP contribution in [-0.2, 0) is 76.1 Å². The van der Waals surface area contributed by atoms with Crippen molar-refractivity contribution in [3.8, 4) is 0 Å². The lowest BCUT2D eigenvalue weighted by Crippen LogP contribution is -2.18. The van der Waals surface area contributed by atoms with Gasteiger partial charge in [0, 0.05) is 51.4 Å². The first kappa shape index (κ1) is 129. The highest BCUT2D eigenvalue weighted by molar-refractivity contribution is 5.71. The van der Waals surface area contributed by atoms with E-state index in [4.69, 9.17) is 47.4 Å². The summed E-state index contributed by atoms with van der Waals surface area (Å²) in [5, 5.41) is 20.2. The minimum absolute atomic E-state index is 0.00109. The van der Waals surface area contributed by atoms with Crippen LogP contribution in [0.5, 0.6) is 0 Å². The molecule has 0 rings (SSSR count). The molecule has 0 saturated carbocycles. The van der Waals surface area contributed by atoms with Crippen LogP contribution in [0.1, 0.15) is 530 Å². The Labute approximate surface area is 822 Å². The molecule has 0 aliphatic carbocycles. The molecule has 0 spiro atoms. The molecule has 782 valence electrons. The Bertz CT molecular complexity index is 2730. The van der Waals surface area contributed by atoms with E-state index in [9.17, 15) is 39.0 Å². The molecule has 6 atom stereocenters. The summed E-state index contributed by atoms with van der Waals surface area (Å²) >= 11 is 0. The van der Waals surface area contributed by atoms with Crippen molar-refractivity contribution in [2.75, 3.05) is 66.1 Å². The number of hydrogen-bond acceptors (Lipinski definition) is 18. The van der Waals surface area contributed by atoms with Gasteiger partial charge in [0.15, 0.2) is 0 Å². The molecule has 0 aromatic rings. The van der Waals surface area contributed by atoms with Crippen molar-refractivity contribution in [1.29, 1.82) is 0 Å². The van der Waals surface area contributed by atoms with E-state index in [0.717, 1.165) is 353 Å². The molecule has 0 aromatic carbocycles. The number of carbonyl (C=O) groups excluding carboxylic acids is 6. The number of hydrogen-bond donors (Lipinski definition) is 2. The third-order valence-electron chi connectivity index (χ3n) is 25.0. The molecule has 0 radical (unpaired) electrons. The minimum Gasteiger partial charge on any atom is -0.463 e. The van der Waals surface area contributed by atoms with Crippen LogP contribution < -0.4 is 0 Å². The summed E-state index contributed by atoms with van der Waals surface area (Å²) in [5.41, 5.74) is 0. The zero-order valence-electron chi connectivity index (χ0n) is 87.6. The average molecular weight is 1890 g/mol. The fourth-order valence-corrected chi connectivity index (χ4v) is 16.5.